The van der Waals surface area contributed by atoms with Crippen LogP contribution in [-0.2, 0) is 0 Å². The van der Waals surface area contributed by atoms with Crippen molar-refractivity contribution in [2.45, 2.75) is 19.4 Å². The fourth-order valence-corrected chi connectivity index (χ4v) is 1.69. The van der Waals surface area contributed by atoms with Crippen LogP contribution in [0.3, 0.4) is 0 Å². The molecule has 0 saturated heterocycles. The van der Waals surface area contributed by atoms with Crippen molar-refractivity contribution < 1.29 is 9.50 Å². The maximum Gasteiger partial charge on any atom is 0.124 e. The molecule has 0 bridgehead atoms. The molecule has 1 unspecified atom stereocenters. The predicted molar refractivity (Wildman–Crippen MR) is 59.5 cm³/mol. The molecule has 0 aliphatic rings. The quantitative estimate of drug-likeness (QED) is 0.764. The van der Waals surface area contributed by atoms with Gasteiger partial charge in [-0.25, -0.2) is 4.39 Å². The standard InChI is InChI=1S/C11H15ClFNO/c1-8(14-5-2-6-15)10-4-3-9(13)7-11(10)12/h3-4,7-8,14-15H,2,5-6H2,1H3. The molecule has 0 saturated carbocycles. The first-order valence-electron chi connectivity index (χ1n) is 4.94. The summed E-state index contributed by atoms with van der Waals surface area (Å²) in [6.07, 6.45) is 0.698. The van der Waals surface area contributed by atoms with Crippen LogP contribution in [0, 0.1) is 5.82 Å². The van der Waals surface area contributed by atoms with E-state index in [-0.39, 0.29) is 18.5 Å². The number of rotatable bonds is 5. The molecule has 0 amide bonds. The van der Waals surface area contributed by atoms with Crippen LogP contribution in [0.15, 0.2) is 18.2 Å². The third kappa shape index (κ3) is 3.78. The van der Waals surface area contributed by atoms with Crippen molar-refractivity contribution in [3.05, 3.63) is 34.6 Å². The van der Waals surface area contributed by atoms with Crippen LogP contribution in [-0.4, -0.2) is 18.3 Å². The Balaban J connectivity index is 2.61. The van der Waals surface area contributed by atoms with Crippen molar-refractivity contribution >= 4 is 11.6 Å². The Morgan fingerprint density at radius 1 is 1.53 bits per heavy atom. The molecule has 84 valence electrons. The first-order valence-corrected chi connectivity index (χ1v) is 5.32. The van der Waals surface area contributed by atoms with Crippen LogP contribution in [0.2, 0.25) is 5.02 Å². The zero-order valence-electron chi connectivity index (χ0n) is 8.63. The first kappa shape index (κ1) is 12.4. The number of benzene rings is 1. The van der Waals surface area contributed by atoms with Gasteiger partial charge in [-0.3, -0.25) is 0 Å². The molecule has 1 aromatic carbocycles. The van der Waals surface area contributed by atoms with Gasteiger partial charge in [0.1, 0.15) is 5.82 Å². The minimum absolute atomic E-state index is 0.0599. The molecule has 1 atom stereocenters. The second kappa shape index (κ2) is 6.05. The lowest BCUT2D eigenvalue weighted by atomic mass is 10.1. The zero-order valence-corrected chi connectivity index (χ0v) is 9.39. The summed E-state index contributed by atoms with van der Waals surface area (Å²) in [6.45, 7) is 2.83. The van der Waals surface area contributed by atoms with Crippen LogP contribution in [0.4, 0.5) is 4.39 Å². The van der Waals surface area contributed by atoms with Gasteiger partial charge in [-0.15, -0.1) is 0 Å². The number of hydrogen-bond acceptors (Lipinski definition) is 2. The Morgan fingerprint density at radius 2 is 2.27 bits per heavy atom. The minimum Gasteiger partial charge on any atom is -0.396 e. The summed E-state index contributed by atoms with van der Waals surface area (Å²) < 4.78 is 12.8. The van der Waals surface area contributed by atoms with Gasteiger partial charge in [0.05, 0.1) is 0 Å². The Kier molecular flexibility index (Phi) is 5.02. The van der Waals surface area contributed by atoms with Gasteiger partial charge in [0, 0.05) is 17.7 Å². The summed E-state index contributed by atoms with van der Waals surface area (Å²) in [5.41, 5.74) is 0.871. The summed E-state index contributed by atoms with van der Waals surface area (Å²) >= 11 is 5.91. The molecule has 0 fully saturated rings. The van der Waals surface area contributed by atoms with Gasteiger partial charge in [0.25, 0.3) is 0 Å². The van der Waals surface area contributed by atoms with Crippen LogP contribution in [0.5, 0.6) is 0 Å². The molecule has 0 spiro atoms. The minimum atomic E-state index is -0.327. The second-order valence-electron chi connectivity index (χ2n) is 3.42. The molecule has 1 rings (SSSR count). The highest BCUT2D eigenvalue weighted by Gasteiger charge is 2.09. The number of hydrogen-bond donors (Lipinski definition) is 2. The fourth-order valence-electron chi connectivity index (χ4n) is 1.36. The van der Waals surface area contributed by atoms with Gasteiger partial charge in [-0.1, -0.05) is 17.7 Å². The van der Waals surface area contributed by atoms with Crippen LogP contribution < -0.4 is 5.32 Å². The van der Waals surface area contributed by atoms with Crippen molar-refractivity contribution in [3.8, 4) is 0 Å². The number of aliphatic hydroxyl groups excluding tert-OH is 1. The van der Waals surface area contributed by atoms with Crippen molar-refractivity contribution in [3.63, 3.8) is 0 Å². The highest BCUT2D eigenvalue weighted by molar-refractivity contribution is 6.31. The third-order valence-electron chi connectivity index (χ3n) is 2.21. The highest BCUT2D eigenvalue weighted by Crippen LogP contribution is 2.23. The molecule has 0 aliphatic heterocycles. The Labute approximate surface area is 94.1 Å². The van der Waals surface area contributed by atoms with E-state index in [2.05, 4.69) is 5.32 Å². The van der Waals surface area contributed by atoms with E-state index in [9.17, 15) is 4.39 Å². The van der Waals surface area contributed by atoms with E-state index >= 15 is 0 Å². The lowest BCUT2D eigenvalue weighted by Gasteiger charge is -2.15. The number of halogens is 2. The van der Waals surface area contributed by atoms with Gasteiger partial charge < -0.3 is 10.4 Å². The van der Waals surface area contributed by atoms with Crippen LogP contribution >= 0.6 is 11.6 Å². The highest BCUT2D eigenvalue weighted by atomic mass is 35.5. The van der Waals surface area contributed by atoms with Crippen LogP contribution in [0.1, 0.15) is 24.9 Å². The SMILES string of the molecule is CC(NCCCO)c1ccc(F)cc1Cl. The normalized spacial score (nSPS) is 12.8. The first-order chi connectivity index (χ1) is 7.15. The van der Waals surface area contributed by atoms with E-state index in [0.717, 1.165) is 5.56 Å². The topological polar surface area (TPSA) is 32.3 Å². The molecular formula is C11H15ClFNO. The fraction of sp³-hybridized carbons (Fsp3) is 0.455. The van der Waals surface area contributed by atoms with Crippen molar-refractivity contribution in [2.75, 3.05) is 13.2 Å². The van der Waals surface area contributed by atoms with Gasteiger partial charge in [0.2, 0.25) is 0 Å². The summed E-state index contributed by atoms with van der Waals surface area (Å²) in [6, 6.07) is 4.44. The van der Waals surface area contributed by atoms with Crippen LogP contribution in [0.25, 0.3) is 0 Å². The predicted octanol–water partition coefficient (Wildman–Crippen LogP) is 2.51. The van der Waals surface area contributed by atoms with E-state index < -0.39 is 0 Å². The van der Waals surface area contributed by atoms with Gasteiger partial charge in [0.15, 0.2) is 0 Å². The molecule has 0 heterocycles. The number of aliphatic hydroxyl groups is 1. The van der Waals surface area contributed by atoms with Gasteiger partial charge in [-0.05, 0) is 37.6 Å². The van der Waals surface area contributed by atoms with E-state index in [0.29, 0.717) is 18.0 Å². The van der Waals surface area contributed by atoms with Gasteiger partial charge in [-0.2, -0.15) is 0 Å². The molecule has 15 heavy (non-hydrogen) atoms. The Hall–Kier alpha value is -0.640. The van der Waals surface area contributed by atoms with Crippen molar-refractivity contribution in [1.82, 2.24) is 5.32 Å². The Bertz CT molecular complexity index is 319. The summed E-state index contributed by atoms with van der Waals surface area (Å²) in [5, 5.41) is 12.2. The smallest absolute Gasteiger partial charge is 0.124 e. The Morgan fingerprint density at radius 3 is 2.87 bits per heavy atom. The lowest BCUT2D eigenvalue weighted by Crippen LogP contribution is -2.20. The van der Waals surface area contributed by atoms with E-state index in [1.807, 2.05) is 6.92 Å². The van der Waals surface area contributed by atoms with E-state index in [1.54, 1.807) is 6.07 Å². The molecule has 2 nitrogen and oxygen atoms in total. The molecule has 4 heteroatoms. The van der Waals surface area contributed by atoms with E-state index in [4.69, 9.17) is 16.7 Å². The summed E-state index contributed by atoms with van der Waals surface area (Å²) in [4.78, 5) is 0. The van der Waals surface area contributed by atoms with Crippen molar-refractivity contribution in [2.24, 2.45) is 0 Å². The monoisotopic (exact) mass is 231 g/mol. The molecule has 2 N–H and O–H groups in total. The summed E-state index contributed by atoms with van der Waals surface area (Å²) in [5.74, 6) is -0.327. The molecule has 1 aromatic rings. The largest absolute Gasteiger partial charge is 0.396 e. The average Bonchev–Trinajstić information content (AvgIpc) is 2.17. The average molecular weight is 232 g/mol. The molecular weight excluding hydrogens is 217 g/mol. The lowest BCUT2D eigenvalue weighted by molar-refractivity contribution is 0.284. The maximum absolute atomic E-state index is 12.8. The third-order valence-corrected chi connectivity index (χ3v) is 2.54. The number of nitrogens with one attached hydrogen (secondary N) is 1. The maximum atomic E-state index is 12.8. The second-order valence-corrected chi connectivity index (χ2v) is 3.83. The van der Waals surface area contributed by atoms with E-state index in [1.165, 1.54) is 12.1 Å². The molecule has 0 aromatic heterocycles. The van der Waals surface area contributed by atoms with Crippen molar-refractivity contribution in [1.29, 1.82) is 0 Å². The zero-order chi connectivity index (χ0) is 11.3. The molecule has 0 radical (unpaired) electrons. The van der Waals surface area contributed by atoms with Gasteiger partial charge >= 0.3 is 0 Å². The molecule has 0 aliphatic carbocycles. The summed E-state index contributed by atoms with van der Waals surface area (Å²) in [7, 11) is 0.